The van der Waals surface area contributed by atoms with Gasteiger partial charge in [-0.1, -0.05) is 11.3 Å². The molecule has 3 aromatic rings. The Morgan fingerprint density at radius 2 is 2.18 bits per heavy atom. The molecule has 0 aliphatic rings. The molecule has 0 amide bonds. The minimum atomic E-state index is -0.451. The summed E-state index contributed by atoms with van der Waals surface area (Å²) in [4.78, 5) is 10.3. The van der Waals surface area contributed by atoms with Crippen molar-refractivity contribution in [2.75, 3.05) is 12.4 Å². The molecule has 2 aromatic carbocycles. The van der Waals surface area contributed by atoms with Crippen LogP contribution in [-0.4, -0.2) is 27.0 Å². The van der Waals surface area contributed by atoms with Crippen LogP contribution in [0.2, 0.25) is 0 Å². The number of methoxy groups -OCH3 is 1. The molecule has 0 fully saturated rings. The van der Waals surface area contributed by atoms with Gasteiger partial charge in [0, 0.05) is 23.9 Å². The van der Waals surface area contributed by atoms with Crippen molar-refractivity contribution in [1.29, 1.82) is 0 Å². The molecule has 1 heterocycles. The van der Waals surface area contributed by atoms with Crippen molar-refractivity contribution in [1.82, 2.24) is 15.0 Å². The van der Waals surface area contributed by atoms with E-state index in [-0.39, 0.29) is 5.69 Å². The van der Waals surface area contributed by atoms with E-state index in [0.29, 0.717) is 12.2 Å². The van der Waals surface area contributed by atoms with Gasteiger partial charge in [-0.05, 0) is 18.2 Å². The Morgan fingerprint density at radius 3 is 2.95 bits per heavy atom. The molecule has 1 aromatic heterocycles. The largest absolute Gasteiger partial charge is 0.497 e. The Labute approximate surface area is 125 Å². The highest BCUT2D eigenvalue weighted by atomic mass is 16.6. The highest BCUT2D eigenvalue weighted by molar-refractivity contribution is 5.77. The van der Waals surface area contributed by atoms with Crippen molar-refractivity contribution >= 4 is 22.4 Å². The SMILES string of the molecule is COc1cccc(NCn2nnc3cc([N+](=O)[O-])ccc32)c1. The smallest absolute Gasteiger partial charge is 0.271 e. The van der Waals surface area contributed by atoms with Gasteiger partial charge in [-0.3, -0.25) is 10.1 Å². The van der Waals surface area contributed by atoms with Crippen LogP contribution in [0.5, 0.6) is 5.75 Å². The molecule has 0 atom stereocenters. The zero-order valence-corrected chi connectivity index (χ0v) is 11.8. The molecule has 22 heavy (non-hydrogen) atoms. The minimum absolute atomic E-state index is 0.000282. The fourth-order valence-corrected chi connectivity index (χ4v) is 2.09. The van der Waals surface area contributed by atoms with Crippen LogP contribution >= 0.6 is 0 Å². The van der Waals surface area contributed by atoms with Gasteiger partial charge < -0.3 is 10.1 Å². The summed E-state index contributed by atoms with van der Waals surface area (Å²) in [5.41, 5.74) is 2.09. The summed E-state index contributed by atoms with van der Waals surface area (Å²) in [6, 6.07) is 12.0. The number of ether oxygens (including phenoxy) is 1. The zero-order chi connectivity index (χ0) is 15.5. The molecule has 112 valence electrons. The van der Waals surface area contributed by atoms with Crippen molar-refractivity contribution in [3.8, 4) is 5.75 Å². The van der Waals surface area contributed by atoms with Crippen LogP contribution in [0.15, 0.2) is 42.5 Å². The predicted molar refractivity (Wildman–Crippen MR) is 80.8 cm³/mol. The number of hydrogen-bond acceptors (Lipinski definition) is 6. The molecule has 0 aliphatic heterocycles. The summed E-state index contributed by atoms with van der Waals surface area (Å²) in [5.74, 6) is 0.754. The number of nitro groups is 1. The Kier molecular flexibility index (Phi) is 3.57. The highest BCUT2D eigenvalue weighted by Crippen LogP contribution is 2.20. The molecule has 8 heteroatoms. The molecular weight excluding hydrogens is 286 g/mol. The number of nitro benzene ring substituents is 1. The van der Waals surface area contributed by atoms with Crippen molar-refractivity contribution in [2.24, 2.45) is 0 Å². The van der Waals surface area contributed by atoms with Crippen LogP contribution in [-0.2, 0) is 6.67 Å². The third-order valence-corrected chi connectivity index (χ3v) is 3.21. The molecular formula is C14H13N5O3. The van der Waals surface area contributed by atoms with Gasteiger partial charge >= 0.3 is 0 Å². The van der Waals surface area contributed by atoms with Crippen LogP contribution in [0.25, 0.3) is 11.0 Å². The van der Waals surface area contributed by atoms with E-state index in [1.165, 1.54) is 12.1 Å². The highest BCUT2D eigenvalue weighted by Gasteiger charge is 2.10. The maximum absolute atomic E-state index is 10.7. The average Bonchev–Trinajstić information content (AvgIpc) is 2.95. The lowest BCUT2D eigenvalue weighted by Gasteiger charge is -2.08. The van der Waals surface area contributed by atoms with Crippen molar-refractivity contribution in [2.45, 2.75) is 6.67 Å². The van der Waals surface area contributed by atoms with E-state index in [1.807, 2.05) is 24.3 Å². The van der Waals surface area contributed by atoms with Crippen LogP contribution in [0.4, 0.5) is 11.4 Å². The molecule has 1 N–H and O–H groups in total. The zero-order valence-electron chi connectivity index (χ0n) is 11.8. The Morgan fingerprint density at radius 1 is 1.32 bits per heavy atom. The van der Waals surface area contributed by atoms with Crippen molar-refractivity contribution in [3.63, 3.8) is 0 Å². The Balaban J connectivity index is 1.80. The van der Waals surface area contributed by atoms with Gasteiger partial charge in [0.2, 0.25) is 0 Å². The van der Waals surface area contributed by atoms with Gasteiger partial charge in [-0.15, -0.1) is 5.10 Å². The summed E-state index contributed by atoms with van der Waals surface area (Å²) in [5, 5.41) is 21.9. The third kappa shape index (κ3) is 2.66. The summed E-state index contributed by atoms with van der Waals surface area (Å²) >= 11 is 0. The standard InChI is InChI=1S/C14H13N5O3/c1-22-12-4-2-3-10(7-12)15-9-18-14-6-5-11(19(20)21)8-13(14)16-17-18/h2-8,15H,9H2,1H3. The minimum Gasteiger partial charge on any atom is -0.497 e. The van der Waals surface area contributed by atoms with E-state index >= 15 is 0 Å². The molecule has 8 nitrogen and oxygen atoms in total. The number of anilines is 1. The van der Waals surface area contributed by atoms with E-state index in [2.05, 4.69) is 15.6 Å². The number of benzene rings is 2. The molecule has 0 spiro atoms. The van der Waals surface area contributed by atoms with E-state index in [9.17, 15) is 10.1 Å². The molecule has 0 unspecified atom stereocenters. The maximum atomic E-state index is 10.7. The van der Waals surface area contributed by atoms with Gasteiger partial charge in [0.05, 0.1) is 17.5 Å². The quantitative estimate of drug-likeness (QED) is 0.574. The fourth-order valence-electron chi connectivity index (χ4n) is 2.09. The van der Waals surface area contributed by atoms with Crippen LogP contribution in [0, 0.1) is 10.1 Å². The van der Waals surface area contributed by atoms with E-state index in [0.717, 1.165) is 17.0 Å². The number of nitrogens with zero attached hydrogens (tertiary/aromatic N) is 4. The van der Waals surface area contributed by atoms with Gasteiger partial charge in [0.25, 0.3) is 5.69 Å². The lowest BCUT2D eigenvalue weighted by Crippen LogP contribution is -2.09. The van der Waals surface area contributed by atoms with E-state index < -0.39 is 4.92 Å². The number of nitrogens with one attached hydrogen (secondary N) is 1. The second-order valence-corrected chi connectivity index (χ2v) is 4.59. The number of hydrogen-bond donors (Lipinski definition) is 1. The second kappa shape index (κ2) is 5.68. The maximum Gasteiger partial charge on any atom is 0.271 e. The van der Waals surface area contributed by atoms with Crippen molar-refractivity contribution < 1.29 is 9.66 Å². The average molecular weight is 299 g/mol. The third-order valence-electron chi connectivity index (χ3n) is 3.21. The molecule has 0 radical (unpaired) electrons. The summed E-state index contributed by atoms with van der Waals surface area (Å²) in [6.07, 6.45) is 0. The van der Waals surface area contributed by atoms with E-state index in [1.54, 1.807) is 17.9 Å². The van der Waals surface area contributed by atoms with Gasteiger partial charge in [-0.25, -0.2) is 4.68 Å². The molecule has 0 aliphatic carbocycles. The number of fused-ring (bicyclic) bond motifs is 1. The van der Waals surface area contributed by atoms with Gasteiger partial charge in [0.15, 0.2) is 0 Å². The Bertz CT molecular complexity index is 830. The first kappa shape index (κ1) is 13.8. The summed E-state index contributed by atoms with van der Waals surface area (Å²) in [7, 11) is 1.61. The molecule has 0 bridgehead atoms. The van der Waals surface area contributed by atoms with E-state index in [4.69, 9.17) is 4.74 Å². The van der Waals surface area contributed by atoms with Crippen LogP contribution < -0.4 is 10.1 Å². The second-order valence-electron chi connectivity index (χ2n) is 4.59. The first-order valence-electron chi connectivity index (χ1n) is 6.53. The lowest BCUT2D eigenvalue weighted by atomic mass is 10.3. The fraction of sp³-hybridized carbons (Fsp3) is 0.143. The first-order chi connectivity index (χ1) is 10.7. The number of non-ortho nitro benzene ring substituents is 1. The first-order valence-corrected chi connectivity index (χ1v) is 6.53. The van der Waals surface area contributed by atoms with Gasteiger partial charge in [-0.2, -0.15) is 0 Å². The molecule has 0 saturated heterocycles. The molecule has 3 rings (SSSR count). The Hall–Kier alpha value is -3.16. The van der Waals surface area contributed by atoms with Gasteiger partial charge in [0.1, 0.15) is 17.9 Å². The lowest BCUT2D eigenvalue weighted by molar-refractivity contribution is -0.384. The normalized spacial score (nSPS) is 10.6. The van der Waals surface area contributed by atoms with Crippen molar-refractivity contribution in [3.05, 3.63) is 52.6 Å². The summed E-state index contributed by atoms with van der Waals surface area (Å²) in [6.45, 7) is 0.390. The predicted octanol–water partition coefficient (Wildman–Crippen LogP) is 2.42. The van der Waals surface area contributed by atoms with Crippen LogP contribution in [0.3, 0.4) is 0 Å². The molecule has 0 saturated carbocycles. The topological polar surface area (TPSA) is 95.1 Å². The number of aromatic nitrogens is 3. The number of rotatable bonds is 5. The summed E-state index contributed by atoms with van der Waals surface area (Å²) < 4.78 is 6.80. The monoisotopic (exact) mass is 299 g/mol. The van der Waals surface area contributed by atoms with Crippen LogP contribution in [0.1, 0.15) is 0 Å².